The van der Waals surface area contributed by atoms with Gasteiger partial charge in [0, 0.05) is 44.0 Å². The van der Waals surface area contributed by atoms with Crippen LogP contribution in [0, 0.1) is 0 Å². The van der Waals surface area contributed by atoms with Crippen molar-refractivity contribution in [1.82, 2.24) is 14.9 Å². The molecule has 3 heterocycles. The van der Waals surface area contributed by atoms with Gasteiger partial charge in [-0.1, -0.05) is 6.92 Å². The van der Waals surface area contributed by atoms with Crippen molar-refractivity contribution in [3.63, 3.8) is 0 Å². The molecular weight excluding hydrogens is 498 g/mol. The molecule has 0 atom stereocenters. The molecular formula is C28H41N7O4. The fourth-order valence-electron chi connectivity index (χ4n) is 5.54. The van der Waals surface area contributed by atoms with Crippen LogP contribution in [0.15, 0.2) is 18.2 Å². The monoisotopic (exact) mass is 539 g/mol. The summed E-state index contributed by atoms with van der Waals surface area (Å²) < 4.78 is 11.5. The fraction of sp³-hybridized carbons (Fsp3) is 0.607. The number of morpholine rings is 1. The lowest BCUT2D eigenvalue weighted by atomic mass is 9.93. The highest BCUT2D eigenvalue weighted by Crippen LogP contribution is 2.35. The number of hydrogen-bond donors (Lipinski definition) is 4. The minimum absolute atomic E-state index is 0.111. The largest absolute Gasteiger partial charge is 0.489 e. The number of fused-ring (bicyclic) bond motifs is 1. The third-order valence-corrected chi connectivity index (χ3v) is 7.76. The minimum Gasteiger partial charge on any atom is -0.489 e. The number of primary amides is 1. The molecule has 1 aromatic carbocycles. The van der Waals surface area contributed by atoms with Crippen LogP contribution >= 0.6 is 0 Å². The fourth-order valence-corrected chi connectivity index (χ4v) is 5.54. The number of amides is 1. The molecule has 212 valence electrons. The molecule has 0 spiro atoms. The number of hydrogen-bond acceptors (Lipinski definition) is 10. The van der Waals surface area contributed by atoms with Crippen LogP contribution in [0.25, 0.3) is 0 Å². The van der Waals surface area contributed by atoms with Crippen molar-refractivity contribution in [2.75, 3.05) is 68.1 Å². The number of carbonyl (C=O) groups is 1. The van der Waals surface area contributed by atoms with E-state index in [2.05, 4.69) is 31.5 Å². The number of aliphatic hydroxyl groups is 1. The molecule has 2 aromatic rings. The highest BCUT2D eigenvalue weighted by molar-refractivity contribution is 5.96. The van der Waals surface area contributed by atoms with Crippen molar-refractivity contribution >= 4 is 28.9 Å². The maximum atomic E-state index is 12.3. The summed E-state index contributed by atoms with van der Waals surface area (Å²) in [4.78, 5) is 26.5. The summed E-state index contributed by atoms with van der Waals surface area (Å²) in [5.74, 6) is 1.13. The summed E-state index contributed by atoms with van der Waals surface area (Å²) >= 11 is 0. The molecule has 0 unspecified atom stereocenters. The second-order valence-corrected chi connectivity index (χ2v) is 10.5. The summed E-state index contributed by atoms with van der Waals surface area (Å²) in [7, 11) is 0. The lowest BCUT2D eigenvalue weighted by molar-refractivity contribution is 0.0376. The molecule has 1 saturated carbocycles. The molecule has 5 N–H and O–H groups in total. The van der Waals surface area contributed by atoms with E-state index in [0.717, 1.165) is 95.2 Å². The Morgan fingerprint density at radius 3 is 2.62 bits per heavy atom. The maximum Gasteiger partial charge on any atom is 0.271 e. The van der Waals surface area contributed by atoms with Crippen LogP contribution in [-0.2, 0) is 11.2 Å². The number of aryl methyl sites for hydroxylation is 1. The van der Waals surface area contributed by atoms with E-state index < -0.39 is 5.91 Å². The van der Waals surface area contributed by atoms with Crippen molar-refractivity contribution in [3.05, 3.63) is 29.6 Å². The van der Waals surface area contributed by atoms with Crippen molar-refractivity contribution in [2.45, 2.75) is 57.6 Å². The van der Waals surface area contributed by atoms with Crippen LogP contribution in [0.2, 0.25) is 0 Å². The number of nitrogens with zero attached hydrogens (tertiary/aromatic N) is 4. The first-order chi connectivity index (χ1) is 19.0. The summed E-state index contributed by atoms with van der Waals surface area (Å²) in [6, 6.07) is 6.17. The SMILES string of the molecule is CCc1nc(C(N)=O)c(Nc2ccc3c(c2)OCCN3CCCN2CCOCC2)nc1N[C@H]1CC[C@H](O)CC1. The van der Waals surface area contributed by atoms with Crippen LogP contribution in [0.3, 0.4) is 0 Å². The van der Waals surface area contributed by atoms with Gasteiger partial charge in [-0.3, -0.25) is 9.69 Å². The lowest BCUT2D eigenvalue weighted by Crippen LogP contribution is -2.39. The van der Waals surface area contributed by atoms with Crippen LogP contribution < -0.4 is 26.0 Å². The molecule has 3 aliphatic rings. The highest BCUT2D eigenvalue weighted by Gasteiger charge is 2.24. The Labute approximate surface area is 230 Å². The zero-order chi connectivity index (χ0) is 27.2. The van der Waals surface area contributed by atoms with E-state index in [1.807, 2.05) is 19.1 Å². The number of anilines is 4. The van der Waals surface area contributed by atoms with Gasteiger partial charge in [0.15, 0.2) is 11.5 Å². The summed E-state index contributed by atoms with van der Waals surface area (Å²) in [5, 5.41) is 16.6. The van der Waals surface area contributed by atoms with Crippen molar-refractivity contribution in [3.8, 4) is 5.75 Å². The maximum absolute atomic E-state index is 12.3. The topological polar surface area (TPSA) is 138 Å². The van der Waals surface area contributed by atoms with Gasteiger partial charge < -0.3 is 35.8 Å². The van der Waals surface area contributed by atoms with Gasteiger partial charge >= 0.3 is 0 Å². The van der Waals surface area contributed by atoms with E-state index in [0.29, 0.717) is 30.4 Å². The summed E-state index contributed by atoms with van der Waals surface area (Å²) in [5.41, 5.74) is 8.32. The number of aromatic nitrogens is 2. The number of rotatable bonds is 10. The van der Waals surface area contributed by atoms with Gasteiger partial charge in [-0.05, 0) is 50.7 Å². The smallest absolute Gasteiger partial charge is 0.271 e. The Morgan fingerprint density at radius 1 is 1.08 bits per heavy atom. The first-order valence-electron chi connectivity index (χ1n) is 14.2. The third kappa shape index (κ3) is 6.90. The van der Waals surface area contributed by atoms with Crippen LogP contribution in [0.1, 0.15) is 55.2 Å². The number of benzene rings is 1. The molecule has 1 aliphatic carbocycles. The Morgan fingerprint density at radius 2 is 1.87 bits per heavy atom. The van der Waals surface area contributed by atoms with Crippen LogP contribution in [0.5, 0.6) is 5.75 Å². The van der Waals surface area contributed by atoms with Crippen molar-refractivity contribution in [2.24, 2.45) is 5.73 Å². The zero-order valence-corrected chi connectivity index (χ0v) is 22.8. The molecule has 1 saturated heterocycles. The molecule has 5 rings (SSSR count). The molecule has 0 bridgehead atoms. The summed E-state index contributed by atoms with van der Waals surface area (Å²) in [6.07, 6.45) is 4.69. The Kier molecular flexibility index (Phi) is 9.00. The molecule has 2 fully saturated rings. The quantitative estimate of drug-likeness (QED) is 0.356. The normalized spacial score (nSPS) is 21.6. The van der Waals surface area contributed by atoms with Gasteiger partial charge in [-0.15, -0.1) is 0 Å². The second-order valence-electron chi connectivity index (χ2n) is 10.5. The van der Waals surface area contributed by atoms with Gasteiger partial charge in [0.2, 0.25) is 0 Å². The minimum atomic E-state index is -0.632. The third-order valence-electron chi connectivity index (χ3n) is 7.76. The van der Waals surface area contributed by atoms with Gasteiger partial charge in [0.25, 0.3) is 5.91 Å². The molecule has 2 aliphatic heterocycles. The molecule has 11 nitrogen and oxygen atoms in total. The second kappa shape index (κ2) is 12.8. The molecule has 39 heavy (non-hydrogen) atoms. The first-order valence-corrected chi connectivity index (χ1v) is 14.2. The van der Waals surface area contributed by atoms with E-state index in [9.17, 15) is 9.90 Å². The number of carbonyl (C=O) groups excluding carboxylic acids is 1. The molecule has 1 aromatic heterocycles. The predicted octanol–water partition coefficient (Wildman–Crippen LogP) is 2.52. The van der Waals surface area contributed by atoms with Crippen LogP contribution in [0.4, 0.5) is 23.0 Å². The van der Waals surface area contributed by atoms with E-state index in [1.54, 1.807) is 0 Å². The van der Waals surface area contributed by atoms with E-state index in [1.165, 1.54) is 0 Å². The van der Waals surface area contributed by atoms with Gasteiger partial charge in [0.05, 0.1) is 37.2 Å². The number of nitrogens with two attached hydrogens (primary N) is 1. The Hall–Kier alpha value is -3.15. The number of ether oxygens (including phenoxy) is 2. The standard InChI is InChI=1S/C28H41N7O4/c1-2-22-27(30-19-4-7-21(36)8-5-19)33-28(25(32-22)26(29)37)31-20-6-9-23-24(18-20)39-17-14-35(23)11-3-10-34-12-15-38-16-13-34/h6,9,18-19,21,36H,2-5,7-8,10-17H2,1H3,(H2,29,37)(H2,30,31,33)/t19-,21-. The van der Waals surface area contributed by atoms with E-state index >= 15 is 0 Å². The van der Waals surface area contributed by atoms with E-state index in [4.69, 9.17) is 20.2 Å². The van der Waals surface area contributed by atoms with Gasteiger partial charge in [-0.25, -0.2) is 9.97 Å². The predicted molar refractivity (Wildman–Crippen MR) is 151 cm³/mol. The first kappa shape index (κ1) is 27.4. The summed E-state index contributed by atoms with van der Waals surface area (Å²) in [6.45, 7) is 9.13. The van der Waals surface area contributed by atoms with E-state index in [-0.39, 0.29) is 17.8 Å². The molecule has 0 radical (unpaired) electrons. The van der Waals surface area contributed by atoms with Gasteiger partial charge in [-0.2, -0.15) is 0 Å². The Balaban J connectivity index is 1.30. The molecule has 11 heteroatoms. The van der Waals surface area contributed by atoms with Crippen molar-refractivity contribution < 1.29 is 19.4 Å². The highest BCUT2D eigenvalue weighted by atomic mass is 16.5. The number of aliphatic hydroxyl groups excluding tert-OH is 1. The molecule has 1 amide bonds. The van der Waals surface area contributed by atoms with Crippen molar-refractivity contribution in [1.29, 1.82) is 0 Å². The van der Waals surface area contributed by atoms with Gasteiger partial charge in [0.1, 0.15) is 18.2 Å². The van der Waals surface area contributed by atoms with Crippen LogP contribution in [-0.4, -0.2) is 90.6 Å². The average molecular weight is 540 g/mol. The number of nitrogens with one attached hydrogen (secondary N) is 2. The zero-order valence-electron chi connectivity index (χ0n) is 22.8. The lowest BCUT2D eigenvalue weighted by Gasteiger charge is -2.33. The average Bonchev–Trinajstić information content (AvgIpc) is 2.95. The Bertz CT molecular complexity index is 1130.